The van der Waals surface area contributed by atoms with E-state index in [9.17, 15) is 4.79 Å². The summed E-state index contributed by atoms with van der Waals surface area (Å²) in [6.45, 7) is 2.32. The molecule has 1 amide bonds. The van der Waals surface area contributed by atoms with Crippen LogP contribution in [0.5, 0.6) is 0 Å². The number of benzene rings is 1. The average Bonchev–Trinajstić information content (AvgIpc) is 2.24. The lowest BCUT2D eigenvalue weighted by atomic mass is 10.1. The number of anilines is 1. The van der Waals surface area contributed by atoms with E-state index >= 15 is 0 Å². The molecule has 0 heterocycles. The predicted octanol–water partition coefficient (Wildman–Crippen LogP) is 2.87. The maximum atomic E-state index is 11.8. The van der Waals surface area contributed by atoms with Crippen molar-refractivity contribution in [3.05, 3.63) is 26.8 Å². The highest BCUT2D eigenvalue weighted by atomic mass is 127. The normalized spacial score (nSPS) is 12.2. The highest BCUT2D eigenvalue weighted by Crippen LogP contribution is 2.22. The standard InChI is InChI=1S/C11H14ClIN2O/c1-2-7(6-14)11(16)15-10-4-3-8(12)5-9(10)13/h3-5,7H,2,6,14H2,1H3,(H,15,16). The van der Waals surface area contributed by atoms with Crippen molar-refractivity contribution >= 4 is 45.8 Å². The van der Waals surface area contributed by atoms with Gasteiger partial charge in [0.25, 0.3) is 0 Å². The number of carbonyl (C=O) groups is 1. The van der Waals surface area contributed by atoms with E-state index in [-0.39, 0.29) is 11.8 Å². The Morgan fingerprint density at radius 2 is 2.31 bits per heavy atom. The van der Waals surface area contributed by atoms with Gasteiger partial charge in [-0.05, 0) is 47.2 Å². The van der Waals surface area contributed by atoms with E-state index in [1.54, 1.807) is 18.2 Å². The largest absolute Gasteiger partial charge is 0.330 e. The molecule has 1 unspecified atom stereocenters. The molecule has 88 valence electrons. The first-order valence-corrected chi connectivity index (χ1v) is 6.50. The first kappa shape index (κ1) is 13.7. The number of hydrogen-bond acceptors (Lipinski definition) is 2. The van der Waals surface area contributed by atoms with Gasteiger partial charge in [-0.2, -0.15) is 0 Å². The Morgan fingerprint density at radius 1 is 1.62 bits per heavy atom. The molecule has 16 heavy (non-hydrogen) atoms. The van der Waals surface area contributed by atoms with E-state index in [0.717, 1.165) is 15.7 Å². The fraction of sp³-hybridized carbons (Fsp3) is 0.364. The number of hydrogen-bond donors (Lipinski definition) is 2. The number of amides is 1. The van der Waals surface area contributed by atoms with Gasteiger partial charge in [0.1, 0.15) is 0 Å². The van der Waals surface area contributed by atoms with Gasteiger partial charge in [0.2, 0.25) is 5.91 Å². The minimum atomic E-state index is -0.133. The van der Waals surface area contributed by atoms with Gasteiger partial charge in [0.05, 0.1) is 11.6 Å². The predicted molar refractivity (Wildman–Crippen MR) is 75.6 cm³/mol. The van der Waals surface area contributed by atoms with Gasteiger partial charge < -0.3 is 11.1 Å². The smallest absolute Gasteiger partial charge is 0.228 e. The molecular weight excluding hydrogens is 338 g/mol. The van der Waals surface area contributed by atoms with Crippen molar-refractivity contribution in [3.8, 4) is 0 Å². The van der Waals surface area contributed by atoms with Gasteiger partial charge in [-0.15, -0.1) is 0 Å². The van der Waals surface area contributed by atoms with Crippen molar-refractivity contribution in [2.24, 2.45) is 11.7 Å². The molecule has 3 nitrogen and oxygen atoms in total. The Kier molecular flexibility index (Phi) is 5.51. The van der Waals surface area contributed by atoms with Crippen LogP contribution in [0, 0.1) is 9.49 Å². The van der Waals surface area contributed by atoms with Crippen molar-refractivity contribution in [1.82, 2.24) is 0 Å². The second kappa shape index (κ2) is 6.42. The molecule has 0 aromatic heterocycles. The van der Waals surface area contributed by atoms with Crippen molar-refractivity contribution < 1.29 is 4.79 Å². The zero-order chi connectivity index (χ0) is 12.1. The van der Waals surface area contributed by atoms with E-state index in [4.69, 9.17) is 17.3 Å². The molecule has 1 rings (SSSR count). The summed E-state index contributed by atoms with van der Waals surface area (Å²) in [4.78, 5) is 11.8. The Labute approximate surface area is 114 Å². The van der Waals surface area contributed by atoms with Gasteiger partial charge in [-0.25, -0.2) is 0 Å². The highest BCUT2D eigenvalue weighted by molar-refractivity contribution is 14.1. The quantitative estimate of drug-likeness (QED) is 0.819. The number of rotatable bonds is 4. The number of halogens is 2. The van der Waals surface area contributed by atoms with E-state index in [0.29, 0.717) is 11.6 Å². The third-order valence-corrected chi connectivity index (χ3v) is 3.46. The molecule has 0 aliphatic heterocycles. The van der Waals surface area contributed by atoms with Crippen LogP contribution in [0.25, 0.3) is 0 Å². The summed E-state index contributed by atoms with van der Waals surface area (Å²) in [7, 11) is 0. The first-order valence-electron chi connectivity index (χ1n) is 5.04. The summed E-state index contributed by atoms with van der Waals surface area (Å²) in [5.41, 5.74) is 6.30. The monoisotopic (exact) mass is 352 g/mol. The van der Waals surface area contributed by atoms with Gasteiger partial charge >= 0.3 is 0 Å². The molecule has 0 fully saturated rings. The third-order valence-electron chi connectivity index (χ3n) is 2.34. The first-order chi connectivity index (χ1) is 7.58. The summed E-state index contributed by atoms with van der Waals surface area (Å²) in [6.07, 6.45) is 0.743. The van der Waals surface area contributed by atoms with Crippen LogP contribution in [-0.2, 0) is 4.79 Å². The molecule has 1 aromatic carbocycles. The molecule has 1 atom stereocenters. The fourth-order valence-electron chi connectivity index (χ4n) is 1.28. The van der Waals surface area contributed by atoms with Crippen LogP contribution in [0.4, 0.5) is 5.69 Å². The van der Waals surface area contributed by atoms with Crippen molar-refractivity contribution in [3.63, 3.8) is 0 Å². The second-order valence-electron chi connectivity index (χ2n) is 3.45. The molecule has 0 bridgehead atoms. The lowest BCUT2D eigenvalue weighted by Crippen LogP contribution is -2.28. The van der Waals surface area contributed by atoms with E-state index in [1.165, 1.54) is 0 Å². The van der Waals surface area contributed by atoms with Gasteiger partial charge in [0.15, 0.2) is 0 Å². The van der Waals surface area contributed by atoms with E-state index < -0.39 is 0 Å². The molecular formula is C11H14ClIN2O. The second-order valence-corrected chi connectivity index (χ2v) is 5.05. The van der Waals surface area contributed by atoms with Crippen LogP contribution in [0.3, 0.4) is 0 Å². The molecule has 0 radical (unpaired) electrons. The number of nitrogens with two attached hydrogens (primary N) is 1. The summed E-state index contributed by atoms with van der Waals surface area (Å²) < 4.78 is 0.922. The van der Waals surface area contributed by atoms with Gasteiger partial charge in [0, 0.05) is 15.1 Å². The Hall–Kier alpha value is -0.330. The van der Waals surface area contributed by atoms with Crippen molar-refractivity contribution in [2.45, 2.75) is 13.3 Å². The Balaban J connectivity index is 2.76. The lowest BCUT2D eigenvalue weighted by Gasteiger charge is -2.13. The average molecular weight is 353 g/mol. The van der Waals surface area contributed by atoms with Gasteiger partial charge in [-0.1, -0.05) is 18.5 Å². The minimum Gasteiger partial charge on any atom is -0.330 e. The molecule has 0 saturated carbocycles. The van der Waals surface area contributed by atoms with E-state index in [1.807, 2.05) is 6.92 Å². The van der Waals surface area contributed by atoms with Crippen molar-refractivity contribution in [1.29, 1.82) is 0 Å². The lowest BCUT2D eigenvalue weighted by molar-refractivity contribution is -0.119. The molecule has 3 N–H and O–H groups in total. The molecule has 0 aliphatic rings. The van der Waals surface area contributed by atoms with Crippen LogP contribution < -0.4 is 11.1 Å². The molecule has 0 spiro atoms. The fourth-order valence-corrected chi connectivity index (χ4v) is 2.29. The zero-order valence-electron chi connectivity index (χ0n) is 8.97. The maximum Gasteiger partial charge on any atom is 0.228 e. The van der Waals surface area contributed by atoms with Crippen LogP contribution in [-0.4, -0.2) is 12.5 Å². The summed E-state index contributed by atoms with van der Waals surface area (Å²) in [5, 5.41) is 3.51. The summed E-state index contributed by atoms with van der Waals surface area (Å²) >= 11 is 7.97. The van der Waals surface area contributed by atoms with E-state index in [2.05, 4.69) is 27.9 Å². The minimum absolute atomic E-state index is 0.0368. The summed E-state index contributed by atoms with van der Waals surface area (Å²) in [6, 6.07) is 5.36. The zero-order valence-corrected chi connectivity index (χ0v) is 11.9. The third kappa shape index (κ3) is 3.61. The Morgan fingerprint density at radius 3 is 2.81 bits per heavy atom. The maximum absolute atomic E-state index is 11.8. The molecule has 1 aromatic rings. The molecule has 0 aliphatic carbocycles. The van der Waals surface area contributed by atoms with Crippen LogP contribution in [0.2, 0.25) is 5.02 Å². The number of nitrogens with one attached hydrogen (secondary N) is 1. The van der Waals surface area contributed by atoms with Gasteiger partial charge in [-0.3, -0.25) is 4.79 Å². The van der Waals surface area contributed by atoms with Crippen LogP contribution in [0.1, 0.15) is 13.3 Å². The van der Waals surface area contributed by atoms with Crippen LogP contribution >= 0.6 is 34.2 Å². The Bertz CT molecular complexity index is 380. The SMILES string of the molecule is CCC(CN)C(=O)Nc1ccc(Cl)cc1I. The van der Waals surface area contributed by atoms with Crippen molar-refractivity contribution in [2.75, 3.05) is 11.9 Å². The summed E-state index contributed by atoms with van der Waals surface area (Å²) in [5.74, 6) is -0.170. The topological polar surface area (TPSA) is 55.1 Å². The molecule has 0 saturated heterocycles. The number of carbonyl (C=O) groups excluding carboxylic acids is 1. The molecule has 5 heteroatoms. The van der Waals surface area contributed by atoms with Crippen LogP contribution in [0.15, 0.2) is 18.2 Å². The highest BCUT2D eigenvalue weighted by Gasteiger charge is 2.15.